The van der Waals surface area contributed by atoms with E-state index < -0.39 is 79.4 Å². The van der Waals surface area contributed by atoms with Crippen LogP contribution in [-0.4, -0.2) is 83.2 Å². The van der Waals surface area contributed by atoms with Gasteiger partial charge < -0.3 is 19.5 Å². The largest absolute Gasteiger partial charge is 0.460 e. The van der Waals surface area contributed by atoms with E-state index in [1.165, 1.54) is 11.0 Å². The molecule has 3 fully saturated rings. The maximum absolute atomic E-state index is 14.2. The number of aliphatic hydroxyl groups excluding tert-OH is 1. The van der Waals surface area contributed by atoms with Gasteiger partial charge in [0.05, 0.1) is 46.9 Å². The minimum atomic E-state index is -3.93. The molecule has 254 valence electrons. The number of Topliss-reactive ketones (excluding diaryl/α,β-unsaturated/α-hetero) is 1. The Morgan fingerprint density at radius 3 is 2.33 bits per heavy atom. The number of allylic oxidation sites excluding steroid dienone is 2. The van der Waals surface area contributed by atoms with Crippen molar-refractivity contribution in [1.82, 2.24) is 9.62 Å². The van der Waals surface area contributed by atoms with Crippen molar-refractivity contribution >= 4 is 33.6 Å². The Labute approximate surface area is 268 Å². The van der Waals surface area contributed by atoms with Gasteiger partial charge >= 0.3 is 5.97 Å². The number of nitrogens with one attached hydrogen (secondary N) is 1. The number of hydrogen-bond acceptors (Lipinski definition) is 9. The monoisotopic (exact) mass is 652 g/mol. The molecule has 0 radical (unpaired) electrons. The smallest absolute Gasteiger partial charge is 0.307 e. The molecule has 45 heavy (non-hydrogen) atoms. The van der Waals surface area contributed by atoms with Gasteiger partial charge in [-0.15, -0.1) is 13.2 Å². The van der Waals surface area contributed by atoms with Crippen LogP contribution in [0.2, 0.25) is 0 Å². The molecule has 3 rings (SSSR count). The Balaban J connectivity index is 1.85. The Hall–Kier alpha value is -2.57. The first-order valence-electron chi connectivity index (χ1n) is 16.0. The molecule has 0 aromatic heterocycles. The van der Waals surface area contributed by atoms with Crippen LogP contribution < -0.4 is 4.72 Å². The number of amides is 2. The third-order valence-corrected chi connectivity index (χ3v) is 11.4. The second-order valence-corrected chi connectivity index (χ2v) is 16.5. The van der Waals surface area contributed by atoms with E-state index in [-0.39, 0.29) is 38.3 Å². The van der Waals surface area contributed by atoms with Crippen LogP contribution in [0.1, 0.15) is 99.3 Å². The summed E-state index contributed by atoms with van der Waals surface area (Å²) in [5.74, 6) is -3.71. The van der Waals surface area contributed by atoms with E-state index in [9.17, 15) is 32.7 Å². The van der Waals surface area contributed by atoms with Gasteiger partial charge in [0.25, 0.3) is 0 Å². The van der Waals surface area contributed by atoms with Gasteiger partial charge in [-0.05, 0) is 79.1 Å². The third kappa shape index (κ3) is 8.83. The number of sulfonamides is 1. The lowest BCUT2D eigenvalue weighted by Gasteiger charge is -2.34. The Morgan fingerprint density at radius 1 is 1.18 bits per heavy atom. The van der Waals surface area contributed by atoms with Gasteiger partial charge in [-0.2, -0.15) is 0 Å². The maximum atomic E-state index is 14.2. The van der Waals surface area contributed by atoms with E-state index in [0.29, 0.717) is 32.1 Å². The van der Waals surface area contributed by atoms with E-state index >= 15 is 0 Å². The second-order valence-electron chi connectivity index (χ2n) is 14.3. The SMILES string of the molecule is C=CCC[C@@H](C)O[C@@H](CC)[C@H](CC(=O)OC(C)(C)C)C(=O)N1C[C@H](O)C[C@H]1C(=O)C[C@]1(C(=O)NS(=O)(=O)C2(C)CC2)C[C@H]1C=C. The van der Waals surface area contributed by atoms with Crippen molar-refractivity contribution < 1.29 is 42.2 Å². The molecule has 12 heteroatoms. The number of hydrogen-bond donors (Lipinski definition) is 2. The Morgan fingerprint density at radius 2 is 1.82 bits per heavy atom. The third-order valence-electron chi connectivity index (χ3n) is 9.28. The van der Waals surface area contributed by atoms with Crippen LogP contribution in [0.3, 0.4) is 0 Å². The van der Waals surface area contributed by atoms with Gasteiger partial charge in [-0.3, -0.25) is 23.9 Å². The fourth-order valence-electron chi connectivity index (χ4n) is 6.12. The number of ether oxygens (including phenoxy) is 2. The number of β-amino-alcohol motifs (C(OH)–C–C–N with tert-alkyl or cyclic N) is 1. The second kappa shape index (κ2) is 14.0. The standard InChI is InChI=1S/C33H52N2O9S/c1-9-12-13-21(4)43-27(11-3)24(17-28(38)44-31(5,6)7)29(39)35-20-23(36)16-25(35)26(37)19-33(18-22(33)10-2)30(40)34-45(41,42)32(8)14-15-32/h9-10,21-25,27,36H,1-2,11-20H2,3-8H3,(H,34,40)/t21-,22-,23-,24+,25+,27+,33-/m1/s1. The van der Waals surface area contributed by atoms with Crippen molar-refractivity contribution in [3.63, 3.8) is 0 Å². The predicted molar refractivity (Wildman–Crippen MR) is 169 cm³/mol. The van der Waals surface area contributed by atoms with Gasteiger partial charge in [0.15, 0.2) is 5.78 Å². The molecular weight excluding hydrogens is 600 g/mol. The highest BCUT2D eigenvalue weighted by Crippen LogP contribution is 2.57. The lowest BCUT2D eigenvalue weighted by Crippen LogP contribution is -2.49. The maximum Gasteiger partial charge on any atom is 0.307 e. The normalized spacial score (nSPS) is 27.5. The number of carbonyl (C=O) groups is 4. The highest BCUT2D eigenvalue weighted by molar-refractivity contribution is 7.91. The minimum absolute atomic E-state index is 0.0378. The molecular formula is C33H52N2O9S. The first kappa shape index (κ1) is 36.9. The topological polar surface area (TPSA) is 156 Å². The summed E-state index contributed by atoms with van der Waals surface area (Å²) in [5.41, 5.74) is -2.08. The van der Waals surface area contributed by atoms with Crippen molar-refractivity contribution in [3.8, 4) is 0 Å². The zero-order valence-corrected chi connectivity index (χ0v) is 28.5. The number of esters is 1. The Kier molecular flexibility index (Phi) is 11.5. The Bertz CT molecular complexity index is 1270. The van der Waals surface area contributed by atoms with Crippen LogP contribution in [0.15, 0.2) is 25.3 Å². The molecule has 0 aromatic rings. The van der Waals surface area contributed by atoms with E-state index in [0.717, 1.165) is 0 Å². The molecule has 0 spiro atoms. The summed E-state index contributed by atoms with van der Waals surface area (Å²) in [4.78, 5) is 55.8. The lowest BCUT2D eigenvalue weighted by atomic mass is 9.90. The molecule has 0 aromatic carbocycles. The van der Waals surface area contributed by atoms with Crippen LogP contribution in [-0.2, 0) is 38.7 Å². The summed E-state index contributed by atoms with van der Waals surface area (Å²) < 4.78 is 38.6. The molecule has 2 amide bonds. The van der Waals surface area contributed by atoms with Gasteiger partial charge in [0.1, 0.15) is 5.60 Å². The van der Waals surface area contributed by atoms with Crippen molar-refractivity contribution in [2.45, 2.75) is 134 Å². The summed E-state index contributed by atoms with van der Waals surface area (Å²) in [7, 11) is -3.93. The zero-order chi connectivity index (χ0) is 34.0. The quantitative estimate of drug-likeness (QED) is 0.177. The fraction of sp³-hybridized carbons (Fsp3) is 0.758. The van der Waals surface area contributed by atoms with Crippen molar-refractivity contribution in [1.29, 1.82) is 0 Å². The van der Waals surface area contributed by atoms with Gasteiger partial charge in [0.2, 0.25) is 21.8 Å². The number of rotatable bonds is 17. The average molecular weight is 653 g/mol. The lowest BCUT2D eigenvalue weighted by molar-refractivity contribution is -0.163. The van der Waals surface area contributed by atoms with Crippen molar-refractivity contribution in [2.24, 2.45) is 17.3 Å². The van der Waals surface area contributed by atoms with Gasteiger partial charge in [-0.25, -0.2) is 8.42 Å². The van der Waals surface area contributed by atoms with Crippen molar-refractivity contribution in [3.05, 3.63) is 25.3 Å². The van der Waals surface area contributed by atoms with E-state index in [2.05, 4.69) is 17.9 Å². The van der Waals surface area contributed by atoms with E-state index in [1.54, 1.807) is 33.8 Å². The molecule has 0 unspecified atom stereocenters. The van der Waals surface area contributed by atoms with Gasteiger partial charge in [0, 0.05) is 19.4 Å². The first-order chi connectivity index (χ1) is 20.8. The molecule has 2 aliphatic carbocycles. The van der Waals surface area contributed by atoms with Crippen LogP contribution in [0.4, 0.5) is 0 Å². The number of aliphatic hydroxyl groups is 1. The van der Waals surface area contributed by atoms with Crippen LogP contribution in [0.25, 0.3) is 0 Å². The highest BCUT2D eigenvalue weighted by atomic mass is 32.2. The van der Waals surface area contributed by atoms with Gasteiger partial charge in [-0.1, -0.05) is 19.1 Å². The number of nitrogens with zero attached hydrogens (tertiary/aromatic N) is 1. The molecule has 2 saturated carbocycles. The van der Waals surface area contributed by atoms with E-state index in [1.807, 2.05) is 13.8 Å². The minimum Gasteiger partial charge on any atom is -0.460 e. The summed E-state index contributed by atoms with van der Waals surface area (Å²) in [6.45, 7) is 17.9. The molecule has 1 heterocycles. The van der Waals surface area contributed by atoms with Crippen molar-refractivity contribution in [2.75, 3.05) is 6.54 Å². The molecule has 2 N–H and O–H groups in total. The highest BCUT2D eigenvalue weighted by Gasteiger charge is 2.62. The molecule has 7 atom stereocenters. The molecule has 1 aliphatic heterocycles. The van der Waals surface area contributed by atoms with Crippen LogP contribution in [0, 0.1) is 17.3 Å². The van der Waals surface area contributed by atoms with Crippen LogP contribution in [0.5, 0.6) is 0 Å². The molecule has 0 bridgehead atoms. The summed E-state index contributed by atoms with van der Waals surface area (Å²) >= 11 is 0. The van der Waals surface area contributed by atoms with E-state index in [4.69, 9.17) is 9.47 Å². The first-order valence-corrected chi connectivity index (χ1v) is 17.5. The van der Waals surface area contributed by atoms with Crippen LogP contribution >= 0.6 is 0 Å². The summed E-state index contributed by atoms with van der Waals surface area (Å²) in [5, 5.41) is 10.6. The molecule has 3 aliphatic rings. The number of likely N-dealkylation sites (tertiary alicyclic amines) is 1. The predicted octanol–water partition coefficient (Wildman–Crippen LogP) is 3.60. The summed E-state index contributed by atoms with van der Waals surface area (Å²) in [6.07, 6.45) is 3.71. The molecule has 1 saturated heterocycles. The fourth-order valence-corrected chi connectivity index (χ4v) is 7.45. The molecule has 11 nitrogen and oxygen atoms in total. The average Bonchev–Trinajstić information content (AvgIpc) is 3.83. The number of ketones is 1. The number of carbonyl (C=O) groups excluding carboxylic acids is 4. The summed E-state index contributed by atoms with van der Waals surface area (Å²) in [6, 6.07) is -1.06. The zero-order valence-electron chi connectivity index (χ0n) is 27.7.